The molecule has 0 atom stereocenters. The molecule has 0 saturated carbocycles. The molecular weight excluding hydrogens is 322 g/mol. The Labute approximate surface area is 134 Å². The topological polar surface area (TPSA) is 94.3 Å². The van der Waals surface area contributed by atoms with Crippen molar-refractivity contribution in [1.82, 2.24) is 15.0 Å². The first-order chi connectivity index (χ1) is 11.1. The highest BCUT2D eigenvalue weighted by molar-refractivity contribution is 6.31. The second-order valence-corrected chi connectivity index (χ2v) is 5.07. The van der Waals surface area contributed by atoms with E-state index in [1.54, 1.807) is 24.3 Å². The molecular formula is C15H10ClN3O4. The van der Waals surface area contributed by atoms with Crippen LogP contribution in [0, 0.1) is 0 Å². The van der Waals surface area contributed by atoms with E-state index >= 15 is 0 Å². The van der Waals surface area contributed by atoms with Gasteiger partial charge in [0.05, 0.1) is 5.39 Å². The molecule has 1 N–H and O–H groups in total. The summed E-state index contributed by atoms with van der Waals surface area (Å²) in [6.07, 6.45) is 0. The molecule has 7 nitrogen and oxygen atoms in total. The first-order valence-corrected chi connectivity index (χ1v) is 6.92. The van der Waals surface area contributed by atoms with Gasteiger partial charge in [0, 0.05) is 5.02 Å². The normalized spacial score (nSPS) is 10.7. The highest BCUT2D eigenvalue weighted by Crippen LogP contribution is 2.22. The lowest BCUT2D eigenvalue weighted by atomic mass is 10.2. The van der Waals surface area contributed by atoms with Crippen molar-refractivity contribution in [3.63, 3.8) is 0 Å². The Morgan fingerprint density at radius 2 is 2.04 bits per heavy atom. The third-order valence-corrected chi connectivity index (χ3v) is 3.36. The third-order valence-electron chi connectivity index (χ3n) is 3.13. The standard InChI is InChI=1S/C15H10ClN3O4/c16-9-5-6-13(20)11(7-9)15(22)23-8-19-14(21)10-3-1-2-4-12(10)17-18-19/h1-7,20H,8H2. The van der Waals surface area contributed by atoms with Crippen LogP contribution in [0.5, 0.6) is 5.75 Å². The number of ether oxygens (including phenoxy) is 1. The number of phenolic OH excluding ortho intramolecular Hbond substituents is 1. The van der Waals surface area contributed by atoms with Crippen molar-refractivity contribution >= 4 is 28.5 Å². The van der Waals surface area contributed by atoms with Gasteiger partial charge >= 0.3 is 5.97 Å². The van der Waals surface area contributed by atoms with Crippen LogP contribution in [-0.4, -0.2) is 26.1 Å². The summed E-state index contributed by atoms with van der Waals surface area (Å²) in [7, 11) is 0. The zero-order valence-electron chi connectivity index (χ0n) is 11.6. The summed E-state index contributed by atoms with van der Waals surface area (Å²) in [4.78, 5) is 24.2. The molecule has 0 spiro atoms. The van der Waals surface area contributed by atoms with Gasteiger partial charge in [-0.15, -0.1) is 5.10 Å². The Bertz CT molecular complexity index is 955. The Morgan fingerprint density at radius 3 is 2.87 bits per heavy atom. The molecule has 0 aliphatic carbocycles. The van der Waals surface area contributed by atoms with Gasteiger partial charge in [0.2, 0.25) is 0 Å². The monoisotopic (exact) mass is 331 g/mol. The van der Waals surface area contributed by atoms with Crippen molar-refractivity contribution in [2.24, 2.45) is 0 Å². The van der Waals surface area contributed by atoms with Crippen LogP contribution in [0.2, 0.25) is 5.02 Å². The Hall–Kier alpha value is -2.93. The highest BCUT2D eigenvalue weighted by atomic mass is 35.5. The van der Waals surface area contributed by atoms with Crippen LogP contribution in [0.25, 0.3) is 10.9 Å². The van der Waals surface area contributed by atoms with Gasteiger partial charge in [-0.05, 0) is 30.3 Å². The van der Waals surface area contributed by atoms with Crippen molar-refractivity contribution in [1.29, 1.82) is 0 Å². The summed E-state index contributed by atoms with van der Waals surface area (Å²) in [5, 5.41) is 17.9. The predicted octanol–water partition coefficient (Wildman–Crippen LogP) is 1.97. The summed E-state index contributed by atoms with van der Waals surface area (Å²) in [6, 6.07) is 10.7. The minimum atomic E-state index is -0.827. The minimum absolute atomic E-state index is 0.0979. The second-order valence-electron chi connectivity index (χ2n) is 4.63. The molecule has 1 aromatic heterocycles. The average Bonchev–Trinajstić information content (AvgIpc) is 2.56. The van der Waals surface area contributed by atoms with Gasteiger partial charge in [-0.1, -0.05) is 28.9 Å². The number of carbonyl (C=O) groups is 1. The van der Waals surface area contributed by atoms with E-state index in [1.165, 1.54) is 18.2 Å². The van der Waals surface area contributed by atoms with Crippen LogP contribution in [0.3, 0.4) is 0 Å². The predicted molar refractivity (Wildman–Crippen MR) is 82.3 cm³/mol. The lowest BCUT2D eigenvalue weighted by molar-refractivity contribution is 0.0333. The largest absolute Gasteiger partial charge is 0.507 e. The maximum absolute atomic E-state index is 12.2. The van der Waals surface area contributed by atoms with Crippen LogP contribution in [0.4, 0.5) is 0 Å². The molecule has 0 amide bonds. The van der Waals surface area contributed by atoms with Crippen molar-refractivity contribution < 1.29 is 14.6 Å². The van der Waals surface area contributed by atoms with Crippen LogP contribution < -0.4 is 5.56 Å². The second kappa shape index (κ2) is 6.05. The SMILES string of the molecule is O=C(OCn1nnc2ccccc2c1=O)c1cc(Cl)ccc1O. The van der Waals surface area contributed by atoms with Gasteiger partial charge in [-0.3, -0.25) is 4.79 Å². The van der Waals surface area contributed by atoms with E-state index in [0.29, 0.717) is 10.9 Å². The molecule has 1 heterocycles. The third kappa shape index (κ3) is 3.00. The molecule has 0 radical (unpaired) electrons. The molecule has 23 heavy (non-hydrogen) atoms. The Balaban J connectivity index is 1.83. The number of rotatable bonds is 3. The molecule has 8 heteroatoms. The summed E-state index contributed by atoms with van der Waals surface area (Å²) in [5.74, 6) is -1.09. The van der Waals surface area contributed by atoms with E-state index in [9.17, 15) is 14.7 Å². The molecule has 0 fully saturated rings. The number of carbonyl (C=O) groups excluding carboxylic acids is 1. The van der Waals surface area contributed by atoms with Gasteiger partial charge in [-0.2, -0.15) is 4.68 Å². The number of phenols is 1. The molecule has 0 aliphatic heterocycles. The van der Waals surface area contributed by atoms with Gasteiger partial charge < -0.3 is 9.84 Å². The summed E-state index contributed by atoms with van der Waals surface area (Å²) in [6.45, 7) is -0.429. The molecule has 0 saturated heterocycles. The van der Waals surface area contributed by atoms with Gasteiger partial charge in [-0.25, -0.2) is 4.79 Å². The number of aromatic hydroxyl groups is 1. The van der Waals surface area contributed by atoms with Crippen molar-refractivity contribution in [2.45, 2.75) is 6.73 Å². The van der Waals surface area contributed by atoms with Gasteiger partial charge in [0.1, 0.15) is 16.8 Å². The zero-order chi connectivity index (χ0) is 16.4. The number of hydrogen-bond acceptors (Lipinski definition) is 6. The van der Waals surface area contributed by atoms with Crippen molar-refractivity contribution in [2.75, 3.05) is 0 Å². The molecule has 0 unspecified atom stereocenters. The van der Waals surface area contributed by atoms with E-state index in [2.05, 4.69) is 10.3 Å². The number of hydrogen-bond donors (Lipinski definition) is 1. The fourth-order valence-electron chi connectivity index (χ4n) is 1.98. The van der Waals surface area contributed by atoms with Gasteiger partial charge in [0.15, 0.2) is 6.73 Å². The van der Waals surface area contributed by atoms with E-state index in [0.717, 1.165) is 4.68 Å². The number of nitrogens with zero attached hydrogens (tertiary/aromatic N) is 3. The van der Waals surface area contributed by atoms with Crippen LogP contribution in [0.1, 0.15) is 10.4 Å². The van der Waals surface area contributed by atoms with Crippen molar-refractivity contribution in [3.05, 3.63) is 63.4 Å². The zero-order valence-corrected chi connectivity index (χ0v) is 12.4. The van der Waals surface area contributed by atoms with Crippen LogP contribution >= 0.6 is 11.6 Å². The molecule has 2 aromatic carbocycles. The van der Waals surface area contributed by atoms with Crippen LogP contribution in [0.15, 0.2) is 47.3 Å². The summed E-state index contributed by atoms with van der Waals surface area (Å²) >= 11 is 5.77. The number of fused-ring (bicyclic) bond motifs is 1. The van der Waals surface area contributed by atoms with Crippen molar-refractivity contribution in [3.8, 4) is 5.75 Å². The molecule has 3 aromatic rings. The maximum Gasteiger partial charge on any atom is 0.343 e. The minimum Gasteiger partial charge on any atom is -0.507 e. The van der Waals surface area contributed by atoms with E-state index in [1.807, 2.05) is 0 Å². The Morgan fingerprint density at radius 1 is 1.26 bits per heavy atom. The average molecular weight is 332 g/mol. The first-order valence-electron chi connectivity index (χ1n) is 6.54. The fourth-order valence-corrected chi connectivity index (χ4v) is 2.15. The van der Waals surface area contributed by atoms with E-state index in [4.69, 9.17) is 16.3 Å². The lowest BCUT2D eigenvalue weighted by Crippen LogP contribution is -2.26. The first kappa shape index (κ1) is 15.0. The summed E-state index contributed by atoms with van der Waals surface area (Å²) in [5.41, 5.74) is -0.0782. The smallest absolute Gasteiger partial charge is 0.343 e. The number of aromatic nitrogens is 3. The van der Waals surface area contributed by atoms with Gasteiger partial charge in [0.25, 0.3) is 5.56 Å². The van der Waals surface area contributed by atoms with E-state index in [-0.39, 0.29) is 16.3 Å². The lowest BCUT2D eigenvalue weighted by Gasteiger charge is -2.08. The quantitative estimate of drug-likeness (QED) is 0.737. The number of esters is 1. The Kier molecular flexibility index (Phi) is 3.94. The summed E-state index contributed by atoms with van der Waals surface area (Å²) < 4.78 is 5.90. The number of halogens is 1. The van der Waals surface area contributed by atoms with E-state index < -0.39 is 18.3 Å². The molecule has 0 aliphatic rings. The fraction of sp³-hybridized carbons (Fsp3) is 0.0667. The highest BCUT2D eigenvalue weighted by Gasteiger charge is 2.14. The number of benzene rings is 2. The van der Waals surface area contributed by atoms with Crippen LogP contribution in [-0.2, 0) is 11.5 Å². The molecule has 0 bridgehead atoms. The molecule has 3 rings (SSSR count). The molecule has 116 valence electrons. The maximum atomic E-state index is 12.2.